The highest BCUT2D eigenvalue weighted by atomic mass is 15.2. The van der Waals surface area contributed by atoms with Crippen LogP contribution in [0.3, 0.4) is 0 Å². The minimum atomic E-state index is 0.346. The van der Waals surface area contributed by atoms with Crippen LogP contribution in [0.15, 0.2) is 36.4 Å². The van der Waals surface area contributed by atoms with Gasteiger partial charge in [0, 0.05) is 25.0 Å². The summed E-state index contributed by atoms with van der Waals surface area (Å²) in [7, 11) is 2.14. The molecule has 4 heteroatoms. The molecule has 1 fully saturated rings. The van der Waals surface area contributed by atoms with Crippen LogP contribution in [-0.2, 0) is 13.5 Å². The fourth-order valence-electron chi connectivity index (χ4n) is 4.45. The molecule has 4 nitrogen and oxygen atoms in total. The smallest absolute Gasteiger partial charge is 0.126 e. The number of aryl methyl sites for hydroxylation is 3. The molecule has 2 unspecified atom stereocenters. The molecule has 1 saturated heterocycles. The number of fused-ring (bicyclic) bond motifs is 1. The first kappa shape index (κ1) is 17.2. The predicted molar refractivity (Wildman–Crippen MR) is 106 cm³/mol. The molecule has 2 atom stereocenters. The standard InChI is InChI=1S/C22H28N4/c1-15-11-19(12-16(2)23-15)13-18-9-10-26(14-18)17(3)22-24-20-7-5-6-8-21(20)25(22)4/h5-8,11-12,17-18H,9-10,13-14H2,1-4H3. The van der Waals surface area contributed by atoms with Crippen LogP contribution in [0.5, 0.6) is 0 Å². The van der Waals surface area contributed by atoms with Crippen molar-refractivity contribution in [2.75, 3.05) is 13.1 Å². The van der Waals surface area contributed by atoms with Gasteiger partial charge < -0.3 is 4.57 Å². The zero-order valence-corrected chi connectivity index (χ0v) is 16.2. The highest BCUT2D eigenvalue weighted by molar-refractivity contribution is 5.75. The van der Waals surface area contributed by atoms with Crippen molar-refractivity contribution in [3.05, 3.63) is 59.2 Å². The van der Waals surface area contributed by atoms with Gasteiger partial charge in [0.25, 0.3) is 0 Å². The Labute approximate surface area is 155 Å². The molecular formula is C22H28N4. The molecule has 1 aromatic carbocycles. The molecule has 0 amide bonds. The van der Waals surface area contributed by atoms with Gasteiger partial charge in [0.05, 0.1) is 17.1 Å². The summed E-state index contributed by atoms with van der Waals surface area (Å²) in [6.45, 7) is 8.77. The summed E-state index contributed by atoms with van der Waals surface area (Å²) in [6.07, 6.45) is 2.41. The van der Waals surface area contributed by atoms with Crippen molar-refractivity contribution in [3.63, 3.8) is 0 Å². The summed E-state index contributed by atoms with van der Waals surface area (Å²) in [6, 6.07) is 13.2. The van der Waals surface area contributed by atoms with E-state index in [1.807, 2.05) is 0 Å². The van der Waals surface area contributed by atoms with E-state index in [2.05, 4.69) is 78.7 Å². The molecule has 3 heterocycles. The Kier molecular flexibility index (Phi) is 4.53. The quantitative estimate of drug-likeness (QED) is 0.708. The predicted octanol–water partition coefficient (Wildman–Crippen LogP) is 4.21. The summed E-state index contributed by atoms with van der Waals surface area (Å²) in [5.74, 6) is 1.88. The van der Waals surface area contributed by atoms with E-state index in [1.54, 1.807) is 0 Å². The fraction of sp³-hybridized carbons (Fsp3) is 0.455. The van der Waals surface area contributed by atoms with Crippen LogP contribution in [0.25, 0.3) is 11.0 Å². The average Bonchev–Trinajstić information content (AvgIpc) is 3.19. The zero-order chi connectivity index (χ0) is 18.3. The fourth-order valence-corrected chi connectivity index (χ4v) is 4.45. The highest BCUT2D eigenvalue weighted by Gasteiger charge is 2.29. The second-order valence-electron chi connectivity index (χ2n) is 7.81. The van der Waals surface area contributed by atoms with Crippen molar-refractivity contribution in [1.82, 2.24) is 19.4 Å². The van der Waals surface area contributed by atoms with Gasteiger partial charge in [-0.05, 0) is 75.9 Å². The Hall–Kier alpha value is -2.20. The molecule has 0 N–H and O–H groups in total. The summed E-state index contributed by atoms with van der Waals surface area (Å²) in [5, 5.41) is 0. The maximum Gasteiger partial charge on any atom is 0.126 e. The van der Waals surface area contributed by atoms with Crippen LogP contribution in [0, 0.1) is 19.8 Å². The van der Waals surface area contributed by atoms with Crippen LogP contribution in [0.4, 0.5) is 0 Å². The summed E-state index contributed by atoms with van der Waals surface area (Å²) in [5.41, 5.74) is 5.99. The Morgan fingerprint density at radius 2 is 1.85 bits per heavy atom. The topological polar surface area (TPSA) is 34.0 Å². The number of benzene rings is 1. The normalized spacial score (nSPS) is 19.3. The van der Waals surface area contributed by atoms with Gasteiger partial charge in [-0.3, -0.25) is 9.88 Å². The molecule has 1 aliphatic heterocycles. The van der Waals surface area contributed by atoms with Gasteiger partial charge in [-0.1, -0.05) is 12.1 Å². The second kappa shape index (κ2) is 6.84. The number of para-hydroxylation sites is 2. The van der Waals surface area contributed by atoms with E-state index in [9.17, 15) is 0 Å². The van der Waals surface area contributed by atoms with Crippen LogP contribution in [0.2, 0.25) is 0 Å². The van der Waals surface area contributed by atoms with Gasteiger partial charge >= 0.3 is 0 Å². The minimum absolute atomic E-state index is 0.346. The first-order valence-corrected chi connectivity index (χ1v) is 9.61. The van der Waals surface area contributed by atoms with Crippen molar-refractivity contribution in [2.45, 2.75) is 39.7 Å². The summed E-state index contributed by atoms with van der Waals surface area (Å²) < 4.78 is 2.25. The van der Waals surface area contributed by atoms with Crippen molar-refractivity contribution >= 4 is 11.0 Å². The van der Waals surface area contributed by atoms with E-state index in [1.165, 1.54) is 23.3 Å². The number of likely N-dealkylation sites (tertiary alicyclic amines) is 1. The lowest BCUT2D eigenvalue weighted by molar-refractivity contribution is 0.240. The van der Waals surface area contributed by atoms with E-state index in [4.69, 9.17) is 4.98 Å². The molecule has 26 heavy (non-hydrogen) atoms. The van der Waals surface area contributed by atoms with Gasteiger partial charge in [0.15, 0.2) is 0 Å². The molecule has 3 aromatic rings. The van der Waals surface area contributed by atoms with Gasteiger partial charge in [0.2, 0.25) is 0 Å². The maximum absolute atomic E-state index is 4.90. The SMILES string of the molecule is Cc1cc(CC2CCN(C(C)c3nc4ccccc4n3C)C2)cc(C)n1. The largest absolute Gasteiger partial charge is 0.330 e. The Bertz CT molecular complexity index is 907. The molecule has 0 saturated carbocycles. The van der Waals surface area contributed by atoms with Crippen molar-refractivity contribution in [1.29, 1.82) is 0 Å². The zero-order valence-electron chi connectivity index (χ0n) is 16.2. The van der Waals surface area contributed by atoms with Crippen LogP contribution >= 0.6 is 0 Å². The lowest BCUT2D eigenvalue weighted by atomic mass is 9.98. The monoisotopic (exact) mass is 348 g/mol. The van der Waals surface area contributed by atoms with Gasteiger partial charge in [0.1, 0.15) is 5.82 Å². The van der Waals surface area contributed by atoms with E-state index < -0.39 is 0 Å². The molecule has 2 aromatic heterocycles. The van der Waals surface area contributed by atoms with Crippen LogP contribution in [-0.4, -0.2) is 32.5 Å². The highest BCUT2D eigenvalue weighted by Crippen LogP contribution is 2.30. The lowest BCUT2D eigenvalue weighted by Gasteiger charge is -2.24. The molecule has 0 bridgehead atoms. The van der Waals surface area contributed by atoms with E-state index in [0.717, 1.165) is 36.4 Å². The van der Waals surface area contributed by atoms with E-state index in [0.29, 0.717) is 12.0 Å². The van der Waals surface area contributed by atoms with Crippen molar-refractivity contribution in [2.24, 2.45) is 13.0 Å². The third-order valence-corrected chi connectivity index (χ3v) is 5.73. The Balaban J connectivity index is 1.48. The number of pyridine rings is 1. The average molecular weight is 348 g/mol. The van der Waals surface area contributed by atoms with Gasteiger partial charge in [-0.15, -0.1) is 0 Å². The number of nitrogens with zero attached hydrogens (tertiary/aromatic N) is 4. The summed E-state index contributed by atoms with van der Waals surface area (Å²) >= 11 is 0. The van der Waals surface area contributed by atoms with Gasteiger partial charge in [-0.2, -0.15) is 0 Å². The molecule has 4 rings (SSSR count). The minimum Gasteiger partial charge on any atom is -0.330 e. The number of aromatic nitrogens is 3. The number of imidazole rings is 1. The summed E-state index contributed by atoms with van der Waals surface area (Å²) in [4.78, 5) is 12.0. The lowest BCUT2D eigenvalue weighted by Crippen LogP contribution is -2.27. The van der Waals surface area contributed by atoms with Crippen LogP contribution < -0.4 is 0 Å². The van der Waals surface area contributed by atoms with Crippen molar-refractivity contribution < 1.29 is 0 Å². The van der Waals surface area contributed by atoms with Crippen molar-refractivity contribution in [3.8, 4) is 0 Å². The molecular weight excluding hydrogens is 320 g/mol. The second-order valence-corrected chi connectivity index (χ2v) is 7.81. The molecule has 0 aliphatic carbocycles. The molecule has 136 valence electrons. The molecule has 0 spiro atoms. The molecule has 1 aliphatic rings. The van der Waals surface area contributed by atoms with Crippen LogP contribution in [0.1, 0.15) is 42.2 Å². The third kappa shape index (κ3) is 3.26. The number of hydrogen-bond acceptors (Lipinski definition) is 3. The Morgan fingerprint density at radius 1 is 1.12 bits per heavy atom. The third-order valence-electron chi connectivity index (χ3n) is 5.73. The van der Waals surface area contributed by atoms with Gasteiger partial charge in [-0.25, -0.2) is 4.98 Å². The number of rotatable bonds is 4. The van der Waals surface area contributed by atoms with E-state index >= 15 is 0 Å². The Morgan fingerprint density at radius 3 is 2.58 bits per heavy atom. The maximum atomic E-state index is 4.90. The number of hydrogen-bond donors (Lipinski definition) is 0. The van der Waals surface area contributed by atoms with E-state index in [-0.39, 0.29) is 0 Å². The first-order valence-electron chi connectivity index (χ1n) is 9.61. The first-order chi connectivity index (χ1) is 12.5. The molecule has 0 radical (unpaired) electrons.